The number of carbonyl (C=O) groups is 1. The summed E-state index contributed by atoms with van der Waals surface area (Å²) in [7, 11) is -3.77. The quantitative estimate of drug-likeness (QED) is 0.326. The number of aromatic nitrogens is 2. The number of pyridine rings is 1. The highest BCUT2D eigenvalue weighted by Gasteiger charge is 2.30. The average molecular weight is 501 g/mol. The summed E-state index contributed by atoms with van der Waals surface area (Å²) in [4.78, 5) is 20.5. The monoisotopic (exact) mass is 500 g/mol. The van der Waals surface area contributed by atoms with E-state index in [1.165, 1.54) is 6.20 Å². The van der Waals surface area contributed by atoms with Crippen LogP contribution in [0.25, 0.3) is 11.1 Å². The van der Waals surface area contributed by atoms with E-state index in [0.717, 1.165) is 36.6 Å². The number of amides is 2. The number of urea groups is 1. The Morgan fingerprint density at radius 2 is 2.12 bits per heavy atom. The highest BCUT2D eigenvalue weighted by Crippen LogP contribution is 2.38. The molecule has 0 saturated heterocycles. The molecule has 11 nitrogen and oxygen atoms in total. The normalized spacial score (nSPS) is 14.7. The molecule has 176 valence electrons. The molecule has 1 aliphatic rings. The van der Waals surface area contributed by atoms with Gasteiger partial charge < -0.3 is 20.6 Å². The molecule has 3 aromatic rings. The number of nitrogens with one attached hydrogen (secondary N) is 1. The van der Waals surface area contributed by atoms with E-state index in [4.69, 9.17) is 10.2 Å². The van der Waals surface area contributed by atoms with Gasteiger partial charge in [-0.2, -0.15) is 5.26 Å². The molecule has 4 rings (SSSR count). The lowest BCUT2D eigenvalue weighted by Crippen LogP contribution is -2.29. The van der Waals surface area contributed by atoms with Crippen LogP contribution in [-0.4, -0.2) is 42.1 Å². The van der Waals surface area contributed by atoms with Crippen LogP contribution in [0.4, 0.5) is 10.5 Å². The van der Waals surface area contributed by atoms with Crippen LogP contribution in [-0.2, 0) is 28.5 Å². The SMILES string of the molecule is N#Cc1cc(-c2ccc3c(c2NC(=O)N=S(N)(=O)c2cnc(C(O)(O)CO)s2)CCC3)ccn1. The maximum atomic E-state index is 12.9. The number of benzene rings is 1. The summed E-state index contributed by atoms with van der Waals surface area (Å²) in [5.74, 6) is -2.63. The number of fused-ring (bicyclic) bond motifs is 1. The molecule has 1 atom stereocenters. The summed E-state index contributed by atoms with van der Waals surface area (Å²) >= 11 is 0.561. The second kappa shape index (κ2) is 9.18. The van der Waals surface area contributed by atoms with Crippen molar-refractivity contribution in [2.24, 2.45) is 9.50 Å². The maximum absolute atomic E-state index is 12.9. The van der Waals surface area contributed by atoms with Crippen molar-refractivity contribution in [1.82, 2.24) is 9.97 Å². The highest BCUT2D eigenvalue weighted by atomic mass is 32.2. The molecule has 6 N–H and O–H groups in total. The molecular formula is C21H20N6O5S2. The van der Waals surface area contributed by atoms with E-state index in [1.54, 1.807) is 12.1 Å². The minimum Gasteiger partial charge on any atom is -0.390 e. The summed E-state index contributed by atoms with van der Waals surface area (Å²) in [6.45, 7) is -1.03. The van der Waals surface area contributed by atoms with E-state index in [2.05, 4.69) is 19.6 Å². The van der Waals surface area contributed by atoms with E-state index in [-0.39, 0.29) is 14.9 Å². The lowest BCUT2D eigenvalue weighted by molar-refractivity contribution is -0.195. The minimum atomic E-state index is -3.77. The summed E-state index contributed by atoms with van der Waals surface area (Å²) in [6.07, 6.45) is 5.00. The molecule has 0 bridgehead atoms. The van der Waals surface area contributed by atoms with Crippen molar-refractivity contribution < 1.29 is 24.3 Å². The third-order valence-electron chi connectivity index (χ3n) is 5.25. The first-order valence-electron chi connectivity index (χ1n) is 10.0. The molecule has 1 aromatic carbocycles. The van der Waals surface area contributed by atoms with E-state index < -0.39 is 28.3 Å². The van der Waals surface area contributed by atoms with Crippen molar-refractivity contribution in [2.45, 2.75) is 29.3 Å². The van der Waals surface area contributed by atoms with Gasteiger partial charge in [-0.15, -0.1) is 15.7 Å². The number of hydrogen-bond donors (Lipinski definition) is 5. The Kier molecular flexibility index (Phi) is 6.45. The van der Waals surface area contributed by atoms with Crippen LogP contribution < -0.4 is 10.5 Å². The summed E-state index contributed by atoms with van der Waals surface area (Å²) in [6, 6.07) is 8.15. The number of nitrogens with two attached hydrogens (primary N) is 1. The van der Waals surface area contributed by atoms with Gasteiger partial charge >= 0.3 is 6.03 Å². The average Bonchev–Trinajstić information content (AvgIpc) is 3.50. The first-order chi connectivity index (χ1) is 16.1. The zero-order chi connectivity index (χ0) is 24.5. The Morgan fingerprint density at radius 3 is 2.85 bits per heavy atom. The number of nitriles is 1. The molecule has 0 spiro atoms. The molecule has 1 aliphatic carbocycles. The number of carbonyl (C=O) groups excluding carboxylic acids is 1. The molecule has 34 heavy (non-hydrogen) atoms. The second-order valence-corrected chi connectivity index (χ2v) is 10.6. The number of nitrogens with zero attached hydrogens (tertiary/aromatic N) is 4. The summed E-state index contributed by atoms with van der Waals surface area (Å²) < 4.78 is 16.4. The van der Waals surface area contributed by atoms with Gasteiger partial charge in [0, 0.05) is 11.8 Å². The van der Waals surface area contributed by atoms with Gasteiger partial charge in [-0.05, 0) is 48.1 Å². The van der Waals surface area contributed by atoms with Crippen molar-refractivity contribution >= 4 is 33.0 Å². The molecule has 0 fully saturated rings. The van der Waals surface area contributed by atoms with E-state index >= 15 is 0 Å². The van der Waals surface area contributed by atoms with Crippen LogP contribution in [0.1, 0.15) is 28.2 Å². The molecule has 13 heteroatoms. The van der Waals surface area contributed by atoms with Crippen LogP contribution in [0.5, 0.6) is 0 Å². The zero-order valence-electron chi connectivity index (χ0n) is 17.6. The van der Waals surface area contributed by atoms with Gasteiger partial charge in [0.25, 0.3) is 0 Å². The van der Waals surface area contributed by atoms with Crippen LogP contribution in [0.15, 0.2) is 45.2 Å². The molecule has 2 amide bonds. The van der Waals surface area contributed by atoms with Gasteiger partial charge in [0.1, 0.15) is 22.6 Å². The van der Waals surface area contributed by atoms with Gasteiger partial charge in [-0.3, -0.25) is 0 Å². The Labute approximate surface area is 198 Å². The largest absolute Gasteiger partial charge is 0.390 e. The maximum Gasteiger partial charge on any atom is 0.354 e. The van der Waals surface area contributed by atoms with Gasteiger partial charge in [-0.25, -0.2) is 24.1 Å². The fraction of sp³-hybridized carbons (Fsp3) is 0.238. The summed E-state index contributed by atoms with van der Waals surface area (Å²) in [5.41, 5.74) is 4.03. The molecule has 0 radical (unpaired) electrons. The fourth-order valence-corrected chi connectivity index (χ4v) is 5.70. The lowest BCUT2D eigenvalue weighted by Gasteiger charge is -2.15. The van der Waals surface area contributed by atoms with E-state index in [9.17, 15) is 24.5 Å². The van der Waals surface area contributed by atoms with Gasteiger partial charge in [0.2, 0.25) is 5.79 Å². The Morgan fingerprint density at radius 1 is 1.32 bits per heavy atom. The van der Waals surface area contributed by atoms with Crippen molar-refractivity contribution in [1.29, 1.82) is 5.26 Å². The van der Waals surface area contributed by atoms with Gasteiger partial charge in [0.05, 0.1) is 11.9 Å². The third kappa shape index (κ3) is 4.68. The number of rotatable bonds is 5. The first-order valence-corrected chi connectivity index (χ1v) is 12.4. The second-order valence-electron chi connectivity index (χ2n) is 7.57. The number of aliphatic hydroxyl groups is 3. The van der Waals surface area contributed by atoms with Gasteiger partial charge in [0.15, 0.2) is 14.9 Å². The van der Waals surface area contributed by atoms with Crippen molar-refractivity contribution in [3.05, 3.63) is 58.5 Å². The molecular weight excluding hydrogens is 480 g/mol. The zero-order valence-corrected chi connectivity index (χ0v) is 19.3. The molecule has 0 aliphatic heterocycles. The third-order valence-corrected chi connectivity index (χ3v) is 8.27. The number of hydrogen-bond acceptors (Lipinski definition) is 9. The van der Waals surface area contributed by atoms with Crippen molar-refractivity contribution in [3.8, 4) is 17.2 Å². The van der Waals surface area contributed by atoms with Crippen LogP contribution >= 0.6 is 11.3 Å². The van der Waals surface area contributed by atoms with E-state index in [1.807, 2.05) is 18.2 Å². The number of thiazole rings is 1. The lowest BCUT2D eigenvalue weighted by atomic mass is 9.97. The van der Waals surface area contributed by atoms with Crippen LogP contribution in [0, 0.1) is 11.3 Å². The van der Waals surface area contributed by atoms with Crippen LogP contribution in [0.3, 0.4) is 0 Å². The smallest absolute Gasteiger partial charge is 0.354 e. The standard InChI is InChI=1S/C21H20N6O5S2/c22-9-14-8-13(6-7-24-14)16-5-4-12-2-1-3-15(12)18(16)26-20(29)27-34(23,32)17-10-25-19(33-17)21(30,31)11-28/h4-8,10,28,30-31H,1-3,11H2,(H3,23,26,27,29,32). The predicted molar refractivity (Wildman–Crippen MR) is 124 cm³/mol. The molecule has 1 unspecified atom stereocenters. The molecule has 2 aromatic heterocycles. The predicted octanol–water partition coefficient (Wildman–Crippen LogP) is 1.63. The van der Waals surface area contributed by atoms with Gasteiger partial charge in [-0.1, -0.05) is 12.1 Å². The molecule has 2 heterocycles. The van der Waals surface area contributed by atoms with E-state index in [0.29, 0.717) is 28.2 Å². The Hall–Kier alpha value is -3.25. The number of anilines is 1. The summed E-state index contributed by atoms with van der Waals surface area (Å²) in [5, 5.41) is 45.8. The Bertz CT molecular complexity index is 1440. The minimum absolute atomic E-state index is 0.162. The Balaban J connectivity index is 1.71. The number of aliphatic hydroxyl groups excluding tert-OH is 1. The fourth-order valence-electron chi connectivity index (χ4n) is 3.65. The topological polar surface area (TPSA) is 195 Å². The first kappa shape index (κ1) is 23.9. The number of aryl methyl sites for hydroxylation is 1. The highest BCUT2D eigenvalue weighted by molar-refractivity contribution is 7.93. The van der Waals surface area contributed by atoms with Crippen molar-refractivity contribution in [3.63, 3.8) is 0 Å². The van der Waals surface area contributed by atoms with Crippen molar-refractivity contribution in [2.75, 3.05) is 11.9 Å². The molecule has 0 saturated carbocycles. The van der Waals surface area contributed by atoms with Crippen LogP contribution in [0.2, 0.25) is 0 Å².